The van der Waals surface area contributed by atoms with E-state index in [1.807, 2.05) is 11.8 Å². The molecule has 1 atom stereocenters. The Morgan fingerprint density at radius 1 is 1.37 bits per heavy atom. The monoisotopic (exact) mass is 283 g/mol. The molecule has 0 amide bonds. The highest BCUT2D eigenvalue weighted by atomic mass is 32.2. The van der Waals surface area contributed by atoms with Crippen LogP contribution < -0.4 is 5.32 Å². The van der Waals surface area contributed by atoms with Gasteiger partial charge in [-0.1, -0.05) is 24.4 Å². The number of methoxy groups -OCH3 is 1. The van der Waals surface area contributed by atoms with Gasteiger partial charge in [-0.25, -0.2) is 0 Å². The van der Waals surface area contributed by atoms with Gasteiger partial charge in [0.15, 0.2) is 0 Å². The van der Waals surface area contributed by atoms with E-state index in [4.69, 9.17) is 9.26 Å². The molecule has 2 aliphatic rings. The molecule has 106 valence electrons. The van der Waals surface area contributed by atoms with Crippen molar-refractivity contribution in [3.8, 4) is 0 Å². The molecule has 0 aromatic carbocycles. The fourth-order valence-electron chi connectivity index (χ4n) is 2.93. The van der Waals surface area contributed by atoms with Gasteiger partial charge in [0.1, 0.15) is 5.60 Å². The second-order valence-electron chi connectivity index (χ2n) is 5.30. The van der Waals surface area contributed by atoms with E-state index in [2.05, 4.69) is 15.5 Å². The first-order chi connectivity index (χ1) is 9.34. The van der Waals surface area contributed by atoms with Gasteiger partial charge in [0.05, 0.1) is 6.04 Å². The van der Waals surface area contributed by atoms with Gasteiger partial charge in [0.2, 0.25) is 11.7 Å². The first-order valence-electron chi connectivity index (χ1n) is 7.04. The number of ether oxygens (including phenoxy) is 1. The molecule has 1 aromatic heterocycles. The molecule has 1 saturated heterocycles. The topological polar surface area (TPSA) is 60.2 Å². The van der Waals surface area contributed by atoms with Crippen molar-refractivity contribution in [3.05, 3.63) is 11.7 Å². The standard InChI is InChI=1S/C13H21N3O2S/c1-17-13(5-3-2-4-6-13)12-15-11(18-16-12)10-9-19-8-7-14-10/h10,14H,2-9H2,1H3. The molecule has 1 aromatic rings. The lowest BCUT2D eigenvalue weighted by atomic mass is 9.84. The first-order valence-corrected chi connectivity index (χ1v) is 8.20. The minimum Gasteiger partial charge on any atom is -0.370 e. The minimum atomic E-state index is -0.318. The van der Waals surface area contributed by atoms with Crippen LogP contribution in [0.5, 0.6) is 0 Å². The maximum atomic E-state index is 5.75. The summed E-state index contributed by atoms with van der Waals surface area (Å²) in [7, 11) is 1.76. The van der Waals surface area contributed by atoms with Gasteiger partial charge in [0.25, 0.3) is 0 Å². The van der Waals surface area contributed by atoms with Crippen LogP contribution in [0, 0.1) is 0 Å². The van der Waals surface area contributed by atoms with E-state index in [-0.39, 0.29) is 11.6 Å². The van der Waals surface area contributed by atoms with Crippen LogP contribution in [0.25, 0.3) is 0 Å². The summed E-state index contributed by atoms with van der Waals surface area (Å²) in [4.78, 5) is 4.62. The van der Waals surface area contributed by atoms with Crippen LogP contribution in [0.3, 0.4) is 0 Å². The van der Waals surface area contributed by atoms with Crippen LogP contribution in [-0.2, 0) is 10.3 Å². The second kappa shape index (κ2) is 5.81. The molecular weight excluding hydrogens is 262 g/mol. The van der Waals surface area contributed by atoms with E-state index in [0.717, 1.165) is 36.7 Å². The van der Waals surface area contributed by atoms with Crippen molar-refractivity contribution in [2.24, 2.45) is 0 Å². The lowest BCUT2D eigenvalue weighted by Gasteiger charge is -2.32. The summed E-state index contributed by atoms with van der Waals surface area (Å²) in [5.41, 5.74) is -0.318. The predicted octanol–water partition coefficient (Wildman–Crippen LogP) is 2.25. The van der Waals surface area contributed by atoms with E-state index in [9.17, 15) is 0 Å². The minimum absolute atomic E-state index is 0.192. The van der Waals surface area contributed by atoms with Crippen molar-refractivity contribution in [1.82, 2.24) is 15.5 Å². The van der Waals surface area contributed by atoms with Gasteiger partial charge >= 0.3 is 0 Å². The van der Waals surface area contributed by atoms with Crippen molar-refractivity contribution in [3.63, 3.8) is 0 Å². The number of hydrogen-bond donors (Lipinski definition) is 1. The van der Waals surface area contributed by atoms with Crippen molar-refractivity contribution in [1.29, 1.82) is 0 Å². The zero-order chi connectivity index (χ0) is 13.1. The normalized spacial score (nSPS) is 27.3. The maximum Gasteiger partial charge on any atom is 0.244 e. The number of aromatic nitrogens is 2. The third kappa shape index (κ3) is 2.66. The van der Waals surface area contributed by atoms with Gasteiger partial charge in [-0.05, 0) is 12.8 Å². The SMILES string of the molecule is COC1(c2noc(C3CSCCN3)n2)CCCCC1. The molecule has 1 aliphatic heterocycles. The molecule has 6 heteroatoms. The van der Waals surface area contributed by atoms with Crippen molar-refractivity contribution >= 4 is 11.8 Å². The van der Waals surface area contributed by atoms with Crippen LogP contribution in [0.2, 0.25) is 0 Å². The lowest BCUT2D eigenvalue weighted by molar-refractivity contribution is -0.0527. The van der Waals surface area contributed by atoms with E-state index in [0.29, 0.717) is 5.89 Å². The highest BCUT2D eigenvalue weighted by Crippen LogP contribution is 2.38. The van der Waals surface area contributed by atoms with E-state index < -0.39 is 0 Å². The number of nitrogens with one attached hydrogen (secondary N) is 1. The molecule has 1 unspecified atom stereocenters. The second-order valence-corrected chi connectivity index (χ2v) is 6.45. The summed E-state index contributed by atoms with van der Waals surface area (Å²) >= 11 is 1.93. The summed E-state index contributed by atoms with van der Waals surface area (Å²) in [6.45, 7) is 1.00. The molecule has 2 fully saturated rings. The van der Waals surface area contributed by atoms with E-state index >= 15 is 0 Å². The number of thioether (sulfide) groups is 1. The predicted molar refractivity (Wildman–Crippen MR) is 74.1 cm³/mol. The Hall–Kier alpha value is -0.590. The summed E-state index contributed by atoms with van der Waals surface area (Å²) in [5.74, 6) is 3.60. The summed E-state index contributed by atoms with van der Waals surface area (Å²) in [5, 5.41) is 7.62. The summed E-state index contributed by atoms with van der Waals surface area (Å²) in [6.07, 6.45) is 5.62. The van der Waals surface area contributed by atoms with Crippen LogP contribution in [0.15, 0.2) is 4.52 Å². The van der Waals surface area contributed by atoms with E-state index in [1.165, 1.54) is 19.3 Å². The van der Waals surface area contributed by atoms with Crippen LogP contribution in [0.1, 0.15) is 49.9 Å². The smallest absolute Gasteiger partial charge is 0.244 e. The Morgan fingerprint density at radius 3 is 2.89 bits per heavy atom. The fourth-order valence-corrected chi connectivity index (χ4v) is 3.85. The average molecular weight is 283 g/mol. The number of hydrogen-bond acceptors (Lipinski definition) is 6. The molecule has 5 nitrogen and oxygen atoms in total. The van der Waals surface area contributed by atoms with Gasteiger partial charge in [-0.2, -0.15) is 16.7 Å². The number of rotatable bonds is 3. The first kappa shape index (κ1) is 13.4. The Balaban J connectivity index is 1.79. The van der Waals surface area contributed by atoms with Gasteiger partial charge in [-0.15, -0.1) is 0 Å². The highest BCUT2D eigenvalue weighted by molar-refractivity contribution is 7.99. The molecule has 1 saturated carbocycles. The van der Waals surface area contributed by atoms with Crippen molar-refractivity contribution in [2.45, 2.75) is 43.7 Å². The van der Waals surface area contributed by atoms with Gasteiger partial charge in [-0.3, -0.25) is 0 Å². The fraction of sp³-hybridized carbons (Fsp3) is 0.846. The average Bonchev–Trinajstić information content (AvgIpc) is 2.99. The molecule has 0 bridgehead atoms. The van der Waals surface area contributed by atoms with Crippen LogP contribution in [-0.4, -0.2) is 35.3 Å². The maximum absolute atomic E-state index is 5.75. The zero-order valence-electron chi connectivity index (χ0n) is 11.4. The van der Waals surface area contributed by atoms with E-state index in [1.54, 1.807) is 7.11 Å². The number of nitrogens with zero attached hydrogens (tertiary/aromatic N) is 2. The molecule has 0 spiro atoms. The zero-order valence-corrected chi connectivity index (χ0v) is 12.2. The molecule has 2 heterocycles. The lowest BCUT2D eigenvalue weighted by Crippen LogP contribution is -2.33. The Labute approximate surface area is 117 Å². The van der Waals surface area contributed by atoms with Crippen LogP contribution >= 0.6 is 11.8 Å². The third-order valence-corrected chi connectivity index (χ3v) is 5.18. The molecule has 3 rings (SSSR count). The molecule has 0 radical (unpaired) electrons. The molecule has 19 heavy (non-hydrogen) atoms. The van der Waals surface area contributed by atoms with Gasteiger partial charge < -0.3 is 14.6 Å². The van der Waals surface area contributed by atoms with Crippen LogP contribution in [0.4, 0.5) is 0 Å². The largest absolute Gasteiger partial charge is 0.370 e. The Kier molecular flexibility index (Phi) is 4.10. The molecule has 1 aliphatic carbocycles. The molecular formula is C13H21N3O2S. The summed E-state index contributed by atoms with van der Waals surface area (Å²) < 4.78 is 11.2. The highest BCUT2D eigenvalue weighted by Gasteiger charge is 2.39. The summed E-state index contributed by atoms with van der Waals surface area (Å²) in [6, 6.07) is 0.192. The van der Waals surface area contributed by atoms with Crippen molar-refractivity contribution in [2.75, 3.05) is 25.2 Å². The van der Waals surface area contributed by atoms with Crippen molar-refractivity contribution < 1.29 is 9.26 Å². The quantitative estimate of drug-likeness (QED) is 0.918. The Morgan fingerprint density at radius 2 is 2.21 bits per heavy atom. The Bertz CT molecular complexity index is 412. The third-order valence-electron chi connectivity index (χ3n) is 4.12. The van der Waals surface area contributed by atoms with Gasteiger partial charge in [0, 0.05) is 25.2 Å². The molecule has 1 N–H and O–H groups in total.